The molecule has 0 aliphatic carbocycles. The number of aromatic amines is 1. The number of aliphatic hydroxyl groups is 2. The van der Waals surface area contributed by atoms with Crippen LogP contribution >= 0.6 is 0 Å². The third-order valence-corrected chi connectivity index (χ3v) is 7.67. The summed E-state index contributed by atoms with van der Waals surface area (Å²) in [5.41, 5.74) is 2.13. The molecule has 1 aliphatic rings. The van der Waals surface area contributed by atoms with Crippen LogP contribution in [0.4, 0.5) is 0 Å². The Hall–Kier alpha value is -4.35. The van der Waals surface area contributed by atoms with Gasteiger partial charge < -0.3 is 24.7 Å². The number of benzene rings is 3. The molecule has 0 bridgehead atoms. The summed E-state index contributed by atoms with van der Waals surface area (Å²) in [6.07, 6.45) is -2.87. The lowest BCUT2D eigenvalue weighted by Gasteiger charge is -2.38. The predicted molar refractivity (Wildman–Crippen MR) is 153 cm³/mol. The number of rotatable bonds is 8. The summed E-state index contributed by atoms with van der Waals surface area (Å²) in [6, 6.07) is 27.9. The van der Waals surface area contributed by atoms with Crippen molar-refractivity contribution in [2.24, 2.45) is 0 Å². The molecule has 6 rings (SSSR count). The number of methoxy groups -OCH3 is 1. The molecule has 41 heavy (non-hydrogen) atoms. The highest BCUT2D eigenvalue weighted by molar-refractivity contribution is 5.69. The van der Waals surface area contributed by atoms with Gasteiger partial charge in [-0.2, -0.15) is 0 Å². The molecule has 0 amide bonds. The molecule has 5 aromatic rings. The van der Waals surface area contributed by atoms with E-state index in [0.717, 1.165) is 22.4 Å². The molecule has 3 heterocycles. The Balaban J connectivity index is 1.38. The van der Waals surface area contributed by atoms with E-state index >= 15 is 0 Å². The van der Waals surface area contributed by atoms with Gasteiger partial charge in [0.05, 0.1) is 19.0 Å². The maximum Gasteiger partial charge on any atom is 0.279 e. The fraction of sp³-hybridized carbons (Fsp3) is 0.258. The van der Waals surface area contributed by atoms with Gasteiger partial charge in [-0.15, -0.1) is 0 Å². The van der Waals surface area contributed by atoms with Gasteiger partial charge in [-0.05, 0) is 35.7 Å². The monoisotopic (exact) mass is 553 g/mol. The molecule has 1 saturated heterocycles. The van der Waals surface area contributed by atoms with Crippen LogP contribution in [0.3, 0.4) is 0 Å². The maximum atomic E-state index is 12.4. The van der Waals surface area contributed by atoms with Crippen molar-refractivity contribution < 1.29 is 19.7 Å². The minimum Gasteiger partial charge on any atom is -0.497 e. The van der Waals surface area contributed by atoms with Crippen molar-refractivity contribution in [3.05, 3.63) is 124 Å². The molecule has 10 heteroatoms. The summed E-state index contributed by atoms with van der Waals surface area (Å²) in [5.74, 6) is 1.14. The van der Waals surface area contributed by atoms with Crippen LogP contribution in [0.5, 0.6) is 5.75 Å². The minimum atomic E-state index is -1.27. The number of H-pyrrole nitrogens is 1. The SMILES string of the molecule is COc1ccc(C(NC[C@H]2O[C@@H](n3cnc4c(=O)[nH]c(C)nc43)[C@@H](O)C2O)(c2ccccc2)c2ccccc2)cc1. The van der Waals surface area contributed by atoms with E-state index in [1.165, 1.54) is 10.9 Å². The van der Waals surface area contributed by atoms with Crippen molar-refractivity contribution in [3.8, 4) is 5.75 Å². The van der Waals surface area contributed by atoms with Gasteiger partial charge in [0.2, 0.25) is 0 Å². The number of aryl methyl sites for hydroxylation is 1. The Morgan fingerprint density at radius 3 is 2.17 bits per heavy atom. The zero-order valence-electron chi connectivity index (χ0n) is 22.6. The van der Waals surface area contributed by atoms with E-state index in [2.05, 4.69) is 44.5 Å². The van der Waals surface area contributed by atoms with Crippen LogP contribution in [0.25, 0.3) is 11.2 Å². The summed E-state index contributed by atoms with van der Waals surface area (Å²) < 4.78 is 13.2. The van der Waals surface area contributed by atoms with Crippen LogP contribution in [0, 0.1) is 6.92 Å². The number of nitrogens with one attached hydrogen (secondary N) is 2. The number of hydrogen-bond donors (Lipinski definition) is 4. The lowest BCUT2D eigenvalue weighted by molar-refractivity contribution is -0.0352. The molecule has 1 unspecified atom stereocenters. The number of nitrogens with zero attached hydrogens (tertiary/aromatic N) is 3. The zero-order valence-corrected chi connectivity index (χ0v) is 22.6. The van der Waals surface area contributed by atoms with Crippen LogP contribution in [0.15, 0.2) is 96.1 Å². The highest BCUT2D eigenvalue weighted by atomic mass is 16.6. The fourth-order valence-electron chi connectivity index (χ4n) is 5.63. The molecule has 210 valence electrons. The molecule has 0 saturated carbocycles. The number of imidazole rings is 1. The highest BCUT2D eigenvalue weighted by Gasteiger charge is 2.46. The molecule has 1 aliphatic heterocycles. The van der Waals surface area contributed by atoms with Gasteiger partial charge >= 0.3 is 0 Å². The molecular weight excluding hydrogens is 522 g/mol. The Labute approximate surface area is 236 Å². The molecule has 10 nitrogen and oxygen atoms in total. The van der Waals surface area contributed by atoms with Crippen LogP contribution in [-0.2, 0) is 10.3 Å². The summed E-state index contributed by atoms with van der Waals surface area (Å²) in [5, 5.41) is 25.9. The quantitative estimate of drug-likeness (QED) is 0.216. The number of hydrogen-bond acceptors (Lipinski definition) is 8. The number of fused-ring (bicyclic) bond motifs is 1. The van der Waals surface area contributed by atoms with E-state index in [9.17, 15) is 15.0 Å². The van der Waals surface area contributed by atoms with E-state index in [-0.39, 0.29) is 23.3 Å². The van der Waals surface area contributed by atoms with Crippen LogP contribution in [-0.4, -0.2) is 61.7 Å². The van der Waals surface area contributed by atoms with Crippen molar-refractivity contribution in [2.75, 3.05) is 13.7 Å². The summed E-state index contributed by atoms with van der Waals surface area (Å²) in [4.78, 5) is 23.5. The third-order valence-electron chi connectivity index (χ3n) is 7.67. The van der Waals surface area contributed by atoms with Crippen LogP contribution in [0.2, 0.25) is 0 Å². The summed E-state index contributed by atoms with van der Waals surface area (Å²) >= 11 is 0. The standard InChI is InChI=1S/C31H31N5O5/c1-19-34-28-25(29(39)35-19)32-18-36(28)30-27(38)26(37)24(41-30)17-33-31(20-9-5-3-6-10-20,21-11-7-4-8-12-21)22-13-15-23(40-2)16-14-22/h3-16,18,24,26-27,30,33,37-38H,17H2,1-2H3,(H,34,35,39)/t24-,26?,27+,30-/m1/s1. The molecule has 0 radical (unpaired) electrons. The highest BCUT2D eigenvalue weighted by Crippen LogP contribution is 2.38. The van der Waals surface area contributed by atoms with E-state index in [4.69, 9.17) is 9.47 Å². The minimum absolute atomic E-state index is 0.133. The van der Waals surface area contributed by atoms with E-state index in [1.807, 2.05) is 60.7 Å². The Bertz CT molecular complexity index is 1650. The average Bonchev–Trinajstić information content (AvgIpc) is 3.55. The molecular formula is C31H31N5O5. The molecule has 4 N–H and O–H groups in total. The Morgan fingerprint density at radius 2 is 1.56 bits per heavy atom. The van der Waals surface area contributed by atoms with E-state index in [0.29, 0.717) is 5.82 Å². The van der Waals surface area contributed by atoms with Gasteiger partial charge in [0.25, 0.3) is 5.56 Å². The second-order valence-electron chi connectivity index (χ2n) is 10.1. The first-order chi connectivity index (χ1) is 19.9. The number of aliphatic hydroxyl groups excluding tert-OH is 2. The van der Waals surface area contributed by atoms with Crippen LogP contribution in [0.1, 0.15) is 28.7 Å². The Kier molecular flexibility index (Phi) is 7.14. The topological polar surface area (TPSA) is 135 Å². The molecule has 3 aromatic carbocycles. The van der Waals surface area contributed by atoms with Gasteiger partial charge in [0.15, 0.2) is 17.4 Å². The normalized spacial score (nSPS) is 20.9. The molecule has 1 fully saturated rings. The summed E-state index contributed by atoms with van der Waals surface area (Å²) in [7, 11) is 1.63. The van der Waals surface area contributed by atoms with Crippen molar-refractivity contribution in [2.45, 2.75) is 37.0 Å². The molecule has 0 spiro atoms. The van der Waals surface area contributed by atoms with Gasteiger partial charge in [-0.25, -0.2) is 9.97 Å². The zero-order chi connectivity index (χ0) is 28.6. The molecule has 4 atom stereocenters. The summed E-state index contributed by atoms with van der Waals surface area (Å²) in [6.45, 7) is 1.85. The Morgan fingerprint density at radius 1 is 0.951 bits per heavy atom. The van der Waals surface area contributed by atoms with E-state index in [1.54, 1.807) is 14.0 Å². The van der Waals surface area contributed by atoms with E-state index < -0.39 is 30.1 Å². The van der Waals surface area contributed by atoms with Gasteiger partial charge in [0, 0.05) is 6.54 Å². The lowest BCUT2D eigenvalue weighted by atomic mass is 9.76. The predicted octanol–water partition coefficient (Wildman–Crippen LogP) is 2.64. The number of aromatic nitrogens is 4. The maximum absolute atomic E-state index is 12.4. The first-order valence-electron chi connectivity index (χ1n) is 13.4. The van der Waals surface area contributed by atoms with Gasteiger partial charge in [-0.3, -0.25) is 14.7 Å². The van der Waals surface area contributed by atoms with Crippen molar-refractivity contribution in [1.82, 2.24) is 24.8 Å². The fourth-order valence-corrected chi connectivity index (χ4v) is 5.63. The van der Waals surface area contributed by atoms with Gasteiger partial charge in [0.1, 0.15) is 29.9 Å². The third kappa shape index (κ3) is 4.70. The first-order valence-corrected chi connectivity index (χ1v) is 13.4. The second-order valence-corrected chi connectivity index (χ2v) is 10.1. The van der Waals surface area contributed by atoms with Crippen molar-refractivity contribution in [1.29, 1.82) is 0 Å². The largest absolute Gasteiger partial charge is 0.497 e. The lowest BCUT2D eigenvalue weighted by Crippen LogP contribution is -2.49. The average molecular weight is 554 g/mol. The van der Waals surface area contributed by atoms with Crippen molar-refractivity contribution >= 4 is 11.2 Å². The number of ether oxygens (including phenoxy) is 2. The second kappa shape index (κ2) is 10.9. The van der Waals surface area contributed by atoms with Crippen LogP contribution < -0.4 is 15.6 Å². The smallest absolute Gasteiger partial charge is 0.279 e. The van der Waals surface area contributed by atoms with Crippen molar-refractivity contribution in [3.63, 3.8) is 0 Å². The van der Waals surface area contributed by atoms with Gasteiger partial charge in [-0.1, -0.05) is 72.8 Å². The molecule has 2 aromatic heterocycles. The first kappa shape index (κ1) is 26.9.